The number of hydrogen-bond acceptors (Lipinski definition) is 6. The van der Waals surface area contributed by atoms with Gasteiger partial charge in [0.1, 0.15) is 5.82 Å². The molecule has 0 bridgehead atoms. The van der Waals surface area contributed by atoms with Crippen LogP contribution in [0, 0.1) is 5.82 Å². The van der Waals surface area contributed by atoms with Crippen LogP contribution in [-0.4, -0.2) is 84.6 Å². The molecule has 1 aromatic carbocycles. The summed E-state index contributed by atoms with van der Waals surface area (Å²) in [4.78, 5) is 29.9. The summed E-state index contributed by atoms with van der Waals surface area (Å²) in [6.45, 7) is 7.41. The van der Waals surface area contributed by atoms with Gasteiger partial charge in [0.05, 0.1) is 0 Å². The molecule has 2 saturated heterocycles. The predicted molar refractivity (Wildman–Crippen MR) is 110 cm³/mol. The summed E-state index contributed by atoms with van der Waals surface area (Å²) in [5, 5.41) is 0. The number of anilines is 2. The Morgan fingerprint density at radius 2 is 1.48 bits per heavy atom. The van der Waals surface area contributed by atoms with Gasteiger partial charge in [-0.1, -0.05) is 0 Å². The molecular weight excluding hydrogens is 371 g/mol. The number of carbonyl (C=O) groups excluding carboxylic acids is 1. The summed E-state index contributed by atoms with van der Waals surface area (Å²) >= 11 is 0. The quantitative estimate of drug-likeness (QED) is 0.761. The summed E-state index contributed by atoms with van der Waals surface area (Å²) in [6.07, 6.45) is 4.09. The smallest absolute Gasteiger partial charge is 0.225 e. The lowest BCUT2D eigenvalue weighted by Gasteiger charge is -2.37. The fourth-order valence-electron chi connectivity index (χ4n) is 3.90. The van der Waals surface area contributed by atoms with E-state index < -0.39 is 0 Å². The second-order valence-corrected chi connectivity index (χ2v) is 7.47. The Labute approximate surface area is 170 Å². The first-order valence-corrected chi connectivity index (χ1v) is 10.2. The number of benzene rings is 1. The Morgan fingerprint density at radius 1 is 0.862 bits per heavy atom. The van der Waals surface area contributed by atoms with Crippen molar-refractivity contribution in [3.05, 3.63) is 48.5 Å². The fourth-order valence-corrected chi connectivity index (χ4v) is 3.90. The SMILES string of the molecule is O=C(CCN1CCN(c2ncccn2)CC1)N1CCN(c2ccc(F)cc2)CC1. The minimum Gasteiger partial charge on any atom is -0.368 e. The van der Waals surface area contributed by atoms with Gasteiger partial charge in [0.15, 0.2) is 0 Å². The van der Waals surface area contributed by atoms with Gasteiger partial charge in [0.2, 0.25) is 11.9 Å². The molecule has 4 rings (SSSR count). The third-order valence-electron chi connectivity index (χ3n) is 5.67. The number of aromatic nitrogens is 2. The Hall–Kier alpha value is -2.74. The molecular formula is C21H27FN6O. The highest BCUT2D eigenvalue weighted by atomic mass is 19.1. The van der Waals surface area contributed by atoms with Crippen molar-refractivity contribution in [1.82, 2.24) is 19.8 Å². The molecule has 0 unspecified atom stereocenters. The van der Waals surface area contributed by atoms with Crippen LogP contribution in [0.3, 0.4) is 0 Å². The van der Waals surface area contributed by atoms with Gasteiger partial charge in [-0.15, -0.1) is 0 Å². The summed E-state index contributed by atoms with van der Waals surface area (Å²) in [5.41, 5.74) is 1.01. The monoisotopic (exact) mass is 398 g/mol. The van der Waals surface area contributed by atoms with Crippen molar-refractivity contribution in [3.8, 4) is 0 Å². The van der Waals surface area contributed by atoms with E-state index in [9.17, 15) is 9.18 Å². The van der Waals surface area contributed by atoms with Crippen LogP contribution >= 0.6 is 0 Å². The maximum absolute atomic E-state index is 13.1. The molecule has 0 saturated carbocycles. The van der Waals surface area contributed by atoms with Crippen LogP contribution in [0.1, 0.15) is 6.42 Å². The Bertz CT molecular complexity index is 787. The first kappa shape index (κ1) is 19.6. The zero-order chi connectivity index (χ0) is 20.1. The third-order valence-corrected chi connectivity index (χ3v) is 5.67. The Morgan fingerprint density at radius 3 is 2.14 bits per heavy atom. The minimum atomic E-state index is -0.223. The molecule has 1 amide bonds. The van der Waals surface area contributed by atoms with Crippen LogP contribution < -0.4 is 9.80 Å². The van der Waals surface area contributed by atoms with E-state index in [-0.39, 0.29) is 11.7 Å². The second-order valence-electron chi connectivity index (χ2n) is 7.47. The molecule has 2 aliphatic rings. The maximum atomic E-state index is 13.1. The van der Waals surface area contributed by atoms with Gasteiger partial charge in [-0.2, -0.15) is 0 Å². The normalized spacial score (nSPS) is 18.2. The Balaban J connectivity index is 1.18. The van der Waals surface area contributed by atoms with Gasteiger partial charge in [-0.05, 0) is 30.3 Å². The van der Waals surface area contributed by atoms with E-state index in [0.29, 0.717) is 6.42 Å². The Kier molecular flexibility index (Phi) is 6.19. The number of carbonyl (C=O) groups is 1. The summed E-state index contributed by atoms with van der Waals surface area (Å²) in [7, 11) is 0. The van der Waals surface area contributed by atoms with Crippen molar-refractivity contribution in [3.63, 3.8) is 0 Å². The molecule has 0 radical (unpaired) electrons. The molecule has 3 heterocycles. The molecule has 0 spiro atoms. The average molecular weight is 398 g/mol. The standard InChI is InChI=1S/C21H27FN6O/c22-18-2-4-19(5-3-18)26-14-16-27(17-15-26)20(29)6-9-25-10-12-28(13-11-25)21-23-7-1-8-24-21/h1-5,7-8H,6,9-17H2. The number of hydrogen-bond donors (Lipinski definition) is 0. The van der Waals surface area contributed by atoms with E-state index in [1.165, 1.54) is 12.1 Å². The topological polar surface area (TPSA) is 55.8 Å². The van der Waals surface area contributed by atoms with Crippen molar-refractivity contribution in [2.45, 2.75) is 6.42 Å². The van der Waals surface area contributed by atoms with E-state index in [1.54, 1.807) is 24.5 Å². The van der Waals surface area contributed by atoms with Crippen LogP contribution in [0.15, 0.2) is 42.7 Å². The van der Waals surface area contributed by atoms with Crippen LogP contribution in [-0.2, 0) is 4.79 Å². The van der Waals surface area contributed by atoms with E-state index in [0.717, 1.165) is 70.5 Å². The van der Waals surface area contributed by atoms with Crippen molar-refractivity contribution in [2.75, 3.05) is 68.7 Å². The summed E-state index contributed by atoms with van der Waals surface area (Å²) in [6, 6.07) is 8.39. The van der Waals surface area contributed by atoms with E-state index in [4.69, 9.17) is 0 Å². The lowest BCUT2D eigenvalue weighted by molar-refractivity contribution is -0.131. The van der Waals surface area contributed by atoms with Crippen LogP contribution in [0.4, 0.5) is 16.0 Å². The highest BCUT2D eigenvalue weighted by Gasteiger charge is 2.23. The molecule has 154 valence electrons. The zero-order valence-electron chi connectivity index (χ0n) is 16.6. The molecule has 2 aliphatic heterocycles. The highest BCUT2D eigenvalue weighted by Crippen LogP contribution is 2.17. The fraction of sp³-hybridized carbons (Fsp3) is 0.476. The van der Waals surface area contributed by atoms with Crippen molar-refractivity contribution in [1.29, 1.82) is 0 Å². The van der Waals surface area contributed by atoms with Gasteiger partial charge >= 0.3 is 0 Å². The first-order valence-electron chi connectivity index (χ1n) is 10.2. The average Bonchev–Trinajstić information content (AvgIpc) is 2.79. The number of piperazine rings is 2. The number of nitrogens with zero attached hydrogens (tertiary/aromatic N) is 6. The molecule has 0 aliphatic carbocycles. The molecule has 8 heteroatoms. The summed E-state index contributed by atoms with van der Waals surface area (Å²) < 4.78 is 13.1. The molecule has 1 aromatic heterocycles. The zero-order valence-corrected chi connectivity index (χ0v) is 16.6. The molecule has 0 N–H and O–H groups in total. The van der Waals surface area contributed by atoms with Crippen molar-refractivity contribution < 1.29 is 9.18 Å². The van der Waals surface area contributed by atoms with Crippen molar-refractivity contribution >= 4 is 17.5 Å². The lowest BCUT2D eigenvalue weighted by atomic mass is 10.2. The van der Waals surface area contributed by atoms with Gasteiger partial charge in [0.25, 0.3) is 0 Å². The lowest BCUT2D eigenvalue weighted by Crippen LogP contribution is -2.50. The van der Waals surface area contributed by atoms with Crippen molar-refractivity contribution in [2.24, 2.45) is 0 Å². The van der Waals surface area contributed by atoms with Crippen LogP contribution in [0.5, 0.6) is 0 Å². The predicted octanol–water partition coefficient (Wildman–Crippen LogP) is 1.48. The molecule has 7 nitrogen and oxygen atoms in total. The molecule has 0 atom stereocenters. The molecule has 2 fully saturated rings. The minimum absolute atomic E-state index is 0.220. The first-order chi connectivity index (χ1) is 14.2. The summed E-state index contributed by atoms with van der Waals surface area (Å²) in [5.74, 6) is 0.777. The van der Waals surface area contributed by atoms with Gasteiger partial charge in [0, 0.05) is 83.4 Å². The second kappa shape index (κ2) is 9.17. The van der Waals surface area contributed by atoms with E-state index in [2.05, 4.69) is 24.7 Å². The van der Waals surface area contributed by atoms with E-state index in [1.807, 2.05) is 11.0 Å². The number of amides is 1. The van der Waals surface area contributed by atoms with Crippen LogP contribution in [0.2, 0.25) is 0 Å². The maximum Gasteiger partial charge on any atom is 0.225 e. The van der Waals surface area contributed by atoms with E-state index >= 15 is 0 Å². The van der Waals surface area contributed by atoms with Crippen LogP contribution in [0.25, 0.3) is 0 Å². The molecule has 2 aromatic rings. The number of rotatable bonds is 5. The van der Waals surface area contributed by atoms with Gasteiger partial charge in [-0.25, -0.2) is 14.4 Å². The highest BCUT2D eigenvalue weighted by molar-refractivity contribution is 5.76. The number of halogens is 1. The molecule has 29 heavy (non-hydrogen) atoms. The largest absolute Gasteiger partial charge is 0.368 e. The van der Waals surface area contributed by atoms with Gasteiger partial charge in [-0.3, -0.25) is 9.69 Å². The third kappa shape index (κ3) is 5.00. The van der Waals surface area contributed by atoms with Gasteiger partial charge < -0.3 is 14.7 Å².